The highest BCUT2D eigenvalue weighted by molar-refractivity contribution is 6.30. The summed E-state index contributed by atoms with van der Waals surface area (Å²) in [6.45, 7) is 3.45. The minimum absolute atomic E-state index is 0.0423. The first-order valence-corrected chi connectivity index (χ1v) is 5.15. The van der Waals surface area contributed by atoms with Crippen LogP contribution in [-0.4, -0.2) is 18.9 Å². The van der Waals surface area contributed by atoms with Crippen LogP contribution < -0.4 is 16.2 Å². The van der Waals surface area contributed by atoms with E-state index in [0.717, 1.165) is 0 Å². The number of benzene rings is 1. The average Bonchev–Trinajstić information content (AvgIpc) is 2.30. The van der Waals surface area contributed by atoms with Crippen molar-refractivity contribution in [2.75, 3.05) is 7.05 Å². The number of hydrogen-bond acceptors (Lipinski definition) is 3. The third-order valence-electron chi connectivity index (χ3n) is 1.88. The zero-order valence-electron chi connectivity index (χ0n) is 9.21. The number of carbonyl (C=O) groups is 2. The Balaban J connectivity index is 2.63. The van der Waals surface area contributed by atoms with Crippen LogP contribution in [0.15, 0.2) is 36.5 Å². The van der Waals surface area contributed by atoms with Crippen LogP contribution in [0.4, 0.5) is 0 Å². The maximum atomic E-state index is 11.7. The Morgan fingerprint density at radius 1 is 1.24 bits per heavy atom. The molecule has 3 N–H and O–H groups in total. The molecule has 0 unspecified atom stereocenters. The topological polar surface area (TPSA) is 70.2 Å². The lowest BCUT2D eigenvalue weighted by Gasteiger charge is -2.08. The van der Waals surface area contributed by atoms with Gasteiger partial charge < -0.3 is 5.32 Å². The number of rotatable bonds is 4. The molecule has 1 aromatic rings. The van der Waals surface area contributed by atoms with Crippen molar-refractivity contribution >= 4 is 23.4 Å². The van der Waals surface area contributed by atoms with Gasteiger partial charge in [0.1, 0.15) is 5.70 Å². The minimum Gasteiger partial charge on any atom is -0.318 e. The van der Waals surface area contributed by atoms with E-state index in [2.05, 4.69) is 22.7 Å². The highest BCUT2D eigenvalue weighted by Crippen LogP contribution is 2.09. The fourth-order valence-electron chi connectivity index (χ4n) is 1.06. The van der Waals surface area contributed by atoms with Crippen molar-refractivity contribution in [1.29, 1.82) is 0 Å². The molecule has 0 saturated heterocycles. The quantitative estimate of drug-likeness (QED) is 0.550. The molecule has 0 aliphatic rings. The van der Waals surface area contributed by atoms with Gasteiger partial charge in [-0.1, -0.05) is 18.2 Å². The highest BCUT2D eigenvalue weighted by atomic mass is 35.5. The van der Waals surface area contributed by atoms with Crippen LogP contribution in [0, 0.1) is 0 Å². The molecule has 0 fully saturated rings. The molecule has 90 valence electrons. The van der Waals surface area contributed by atoms with Gasteiger partial charge in [0, 0.05) is 17.6 Å². The van der Waals surface area contributed by atoms with E-state index in [1.54, 1.807) is 24.3 Å². The molecule has 1 aromatic carbocycles. The van der Waals surface area contributed by atoms with Crippen molar-refractivity contribution in [2.24, 2.45) is 0 Å². The zero-order valence-corrected chi connectivity index (χ0v) is 9.97. The van der Waals surface area contributed by atoms with Crippen LogP contribution in [0.5, 0.6) is 0 Å². The molecule has 0 aromatic heterocycles. The van der Waals surface area contributed by atoms with Gasteiger partial charge in [-0.3, -0.25) is 15.0 Å². The Kier molecular flexibility index (Phi) is 4.68. The monoisotopic (exact) mass is 253 g/mol. The van der Waals surface area contributed by atoms with E-state index in [-0.39, 0.29) is 5.70 Å². The summed E-state index contributed by atoms with van der Waals surface area (Å²) < 4.78 is 0. The summed E-state index contributed by atoms with van der Waals surface area (Å²) in [5.41, 5.74) is 5.08. The van der Waals surface area contributed by atoms with Crippen molar-refractivity contribution in [1.82, 2.24) is 16.2 Å². The second-order valence-electron chi connectivity index (χ2n) is 3.14. The normalized spacial score (nSPS) is 9.53. The maximum absolute atomic E-state index is 11.7. The summed E-state index contributed by atoms with van der Waals surface area (Å²) >= 11 is 5.69. The number of amides is 2. The molecule has 0 saturated carbocycles. The fraction of sp³-hybridized carbons (Fsp3) is 0.0909. The number of carbonyl (C=O) groups excluding carboxylic acids is 2. The van der Waals surface area contributed by atoms with Crippen LogP contribution in [0.3, 0.4) is 0 Å². The molecule has 5 nitrogen and oxygen atoms in total. The molecule has 17 heavy (non-hydrogen) atoms. The summed E-state index contributed by atoms with van der Waals surface area (Å²) in [6, 6.07) is 6.29. The van der Waals surface area contributed by atoms with Gasteiger partial charge in [-0.25, -0.2) is 5.43 Å². The van der Waals surface area contributed by atoms with Crippen molar-refractivity contribution < 1.29 is 9.59 Å². The molecule has 1 rings (SSSR count). The van der Waals surface area contributed by atoms with E-state index in [1.807, 2.05) is 0 Å². The standard InChI is InChI=1S/C11H12ClN3O2/c1-7(10(16)15-13-2)14-11(17)8-3-5-9(12)6-4-8/h3-6,13H,1H2,2H3,(H,14,17)(H,15,16). The van der Waals surface area contributed by atoms with E-state index in [9.17, 15) is 9.59 Å². The Labute approximate surface area is 104 Å². The van der Waals surface area contributed by atoms with Gasteiger partial charge in [0.05, 0.1) is 0 Å². The first-order valence-electron chi connectivity index (χ1n) is 4.77. The summed E-state index contributed by atoms with van der Waals surface area (Å²) in [7, 11) is 1.53. The van der Waals surface area contributed by atoms with Crippen LogP contribution in [0.25, 0.3) is 0 Å². The molecule has 0 radical (unpaired) electrons. The Morgan fingerprint density at radius 3 is 2.35 bits per heavy atom. The molecule has 0 aliphatic heterocycles. The summed E-state index contributed by atoms with van der Waals surface area (Å²) in [6.07, 6.45) is 0. The summed E-state index contributed by atoms with van der Waals surface area (Å²) in [5.74, 6) is -0.923. The first-order chi connectivity index (χ1) is 8.04. The number of nitrogens with one attached hydrogen (secondary N) is 3. The van der Waals surface area contributed by atoms with Gasteiger partial charge in [0.15, 0.2) is 0 Å². The van der Waals surface area contributed by atoms with Gasteiger partial charge in [-0.05, 0) is 24.3 Å². The average molecular weight is 254 g/mol. The van der Waals surface area contributed by atoms with Crippen molar-refractivity contribution in [3.63, 3.8) is 0 Å². The van der Waals surface area contributed by atoms with E-state index in [0.29, 0.717) is 10.6 Å². The third-order valence-corrected chi connectivity index (χ3v) is 2.14. The van der Waals surface area contributed by atoms with Gasteiger partial charge in [-0.15, -0.1) is 0 Å². The number of hydrogen-bond donors (Lipinski definition) is 3. The second-order valence-corrected chi connectivity index (χ2v) is 3.58. The van der Waals surface area contributed by atoms with Crippen molar-refractivity contribution in [3.8, 4) is 0 Å². The molecule has 0 aliphatic carbocycles. The smallest absolute Gasteiger partial charge is 0.281 e. The molecule has 2 amide bonds. The van der Waals surface area contributed by atoms with E-state index < -0.39 is 11.8 Å². The van der Waals surface area contributed by atoms with Gasteiger partial charge >= 0.3 is 0 Å². The lowest BCUT2D eigenvalue weighted by Crippen LogP contribution is -2.40. The molecule has 0 atom stereocenters. The van der Waals surface area contributed by atoms with Gasteiger partial charge in [0.25, 0.3) is 11.8 Å². The highest BCUT2D eigenvalue weighted by Gasteiger charge is 2.11. The number of hydrazine groups is 1. The zero-order chi connectivity index (χ0) is 12.8. The predicted molar refractivity (Wildman–Crippen MR) is 65.3 cm³/mol. The second kappa shape index (κ2) is 6.03. The Bertz CT molecular complexity index is 443. The number of halogens is 1. The first kappa shape index (κ1) is 13.2. The third kappa shape index (κ3) is 3.90. The lowest BCUT2D eigenvalue weighted by atomic mass is 10.2. The SMILES string of the molecule is C=C(NC(=O)c1ccc(Cl)cc1)C(=O)NNC. The van der Waals surface area contributed by atoms with Crippen LogP contribution in [0.2, 0.25) is 5.02 Å². The minimum atomic E-state index is -0.505. The van der Waals surface area contributed by atoms with Crippen LogP contribution in [0.1, 0.15) is 10.4 Å². The lowest BCUT2D eigenvalue weighted by molar-refractivity contribution is -0.118. The van der Waals surface area contributed by atoms with Crippen molar-refractivity contribution in [2.45, 2.75) is 0 Å². The van der Waals surface area contributed by atoms with Gasteiger partial charge in [0.2, 0.25) is 0 Å². The molecule has 0 bridgehead atoms. The Morgan fingerprint density at radius 2 is 1.82 bits per heavy atom. The molecular weight excluding hydrogens is 242 g/mol. The van der Waals surface area contributed by atoms with E-state index >= 15 is 0 Å². The fourth-order valence-corrected chi connectivity index (χ4v) is 1.18. The molecule has 0 heterocycles. The summed E-state index contributed by atoms with van der Waals surface area (Å²) in [4.78, 5) is 22.9. The summed E-state index contributed by atoms with van der Waals surface area (Å²) in [5, 5.41) is 2.91. The molecule has 0 spiro atoms. The Hall–Kier alpha value is -1.85. The maximum Gasteiger partial charge on any atom is 0.281 e. The van der Waals surface area contributed by atoms with Crippen molar-refractivity contribution in [3.05, 3.63) is 47.1 Å². The van der Waals surface area contributed by atoms with E-state index in [4.69, 9.17) is 11.6 Å². The predicted octanol–water partition coefficient (Wildman–Crippen LogP) is 0.834. The van der Waals surface area contributed by atoms with E-state index in [1.165, 1.54) is 7.05 Å². The van der Waals surface area contributed by atoms with Crippen LogP contribution in [-0.2, 0) is 4.79 Å². The largest absolute Gasteiger partial charge is 0.318 e. The molecule has 6 heteroatoms. The molecular formula is C11H12ClN3O2. The van der Waals surface area contributed by atoms with Crippen LogP contribution >= 0.6 is 11.6 Å². The van der Waals surface area contributed by atoms with Gasteiger partial charge in [-0.2, -0.15) is 0 Å².